The van der Waals surface area contributed by atoms with E-state index >= 15 is 0 Å². The van der Waals surface area contributed by atoms with E-state index in [0.717, 1.165) is 70.6 Å². The van der Waals surface area contributed by atoms with Gasteiger partial charge in [-0.2, -0.15) is 0 Å². The minimum absolute atomic E-state index is 0.0338. The van der Waals surface area contributed by atoms with E-state index in [2.05, 4.69) is 43.5 Å². The zero-order valence-electron chi connectivity index (χ0n) is 44.2. The molecule has 0 rings (SSSR count). The van der Waals surface area contributed by atoms with E-state index in [1.54, 1.807) is 6.08 Å². The van der Waals surface area contributed by atoms with Crippen LogP contribution in [0.15, 0.2) is 36.5 Å². The summed E-state index contributed by atoms with van der Waals surface area (Å²) in [7, 11) is 0. The predicted molar refractivity (Wildman–Crippen MR) is 287 cm³/mol. The standard InChI is InChI=1S/C60H113NO5/c1-3-5-7-9-11-13-15-17-19-21-22-23-24-25-26-27-28-30-32-36-40-44-48-52-58(63)57(56-62)61-59(64)53-49-45-41-37-34-35-39-43-47-51-55-66-60(65)54-50-46-42-38-33-31-29-20-18-16-14-12-10-8-6-4-2/h14,16,20,29,48,52,57-58,62-63H,3-13,15,17-19,21-28,30-47,49-51,53-56H2,1-2H3,(H,61,64)/b16-14-,29-20-,52-48+. The van der Waals surface area contributed by atoms with E-state index in [1.807, 2.05) is 6.08 Å². The Hall–Kier alpha value is -1.92. The van der Waals surface area contributed by atoms with Gasteiger partial charge in [-0.25, -0.2) is 0 Å². The number of amides is 1. The highest BCUT2D eigenvalue weighted by molar-refractivity contribution is 5.76. The molecule has 2 atom stereocenters. The van der Waals surface area contributed by atoms with Crippen LogP contribution in [0.4, 0.5) is 0 Å². The van der Waals surface area contributed by atoms with Crippen LogP contribution in [0.25, 0.3) is 0 Å². The maximum Gasteiger partial charge on any atom is 0.305 e. The summed E-state index contributed by atoms with van der Waals surface area (Å²) in [6.45, 7) is 4.84. The molecular formula is C60H113NO5. The van der Waals surface area contributed by atoms with Crippen molar-refractivity contribution in [1.82, 2.24) is 5.32 Å². The fourth-order valence-electron chi connectivity index (χ4n) is 8.90. The molecule has 6 nitrogen and oxygen atoms in total. The van der Waals surface area contributed by atoms with Crippen LogP contribution < -0.4 is 5.32 Å². The van der Waals surface area contributed by atoms with E-state index in [4.69, 9.17) is 4.74 Å². The van der Waals surface area contributed by atoms with Gasteiger partial charge in [0.2, 0.25) is 5.91 Å². The largest absolute Gasteiger partial charge is 0.466 e. The van der Waals surface area contributed by atoms with Gasteiger partial charge in [-0.1, -0.05) is 269 Å². The van der Waals surface area contributed by atoms with Crippen molar-refractivity contribution in [2.45, 2.75) is 321 Å². The SMILES string of the molecule is CCCCCC/C=C\C/C=C\CCCCCCCC(=O)OCCCCCCCCCCCCC(=O)NC(CO)C(O)/C=C/CCCCCCCCCCCCCCCCCCCCCCC. The molecule has 0 bridgehead atoms. The van der Waals surface area contributed by atoms with E-state index in [1.165, 1.54) is 212 Å². The van der Waals surface area contributed by atoms with Crippen LogP contribution >= 0.6 is 0 Å². The number of carbonyl (C=O) groups excluding carboxylic acids is 2. The number of hydrogen-bond acceptors (Lipinski definition) is 5. The summed E-state index contributed by atoms with van der Waals surface area (Å²) in [6, 6.07) is -0.647. The molecule has 0 aliphatic carbocycles. The third kappa shape index (κ3) is 51.5. The Kier molecular flexibility index (Phi) is 54.1. The summed E-state index contributed by atoms with van der Waals surface area (Å²) in [5, 5.41) is 23.2. The number of ether oxygens (including phenoxy) is 1. The third-order valence-corrected chi connectivity index (χ3v) is 13.4. The third-order valence-electron chi connectivity index (χ3n) is 13.4. The van der Waals surface area contributed by atoms with Crippen LogP contribution in [0.5, 0.6) is 0 Å². The summed E-state index contributed by atoms with van der Waals surface area (Å²) in [5.74, 6) is -0.123. The lowest BCUT2D eigenvalue weighted by molar-refractivity contribution is -0.143. The molecule has 6 heteroatoms. The van der Waals surface area contributed by atoms with Crippen molar-refractivity contribution in [2.75, 3.05) is 13.2 Å². The summed E-state index contributed by atoms with van der Waals surface area (Å²) in [4.78, 5) is 24.5. The van der Waals surface area contributed by atoms with Gasteiger partial charge in [0.25, 0.3) is 0 Å². The van der Waals surface area contributed by atoms with Crippen LogP contribution in [0.1, 0.15) is 309 Å². The fraction of sp³-hybridized carbons (Fsp3) is 0.867. The van der Waals surface area contributed by atoms with Crippen molar-refractivity contribution in [3.63, 3.8) is 0 Å². The molecule has 0 fully saturated rings. The fourth-order valence-corrected chi connectivity index (χ4v) is 8.90. The highest BCUT2D eigenvalue weighted by Crippen LogP contribution is 2.17. The van der Waals surface area contributed by atoms with Crippen molar-refractivity contribution in [2.24, 2.45) is 0 Å². The van der Waals surface area contributed by atoms with Gasteiger partial charge in [-0.15, -0.1) is 0 Å². The normalized spacial score (nSPS) is 12.8. The van der Waals surface area contributed by atoms with Gasteiger partial charge in [0.05, 0.1) is 25.4 Å². The lowest BCUT2D eigenvalue weighted by Gasteiger charge is -2.20. The molecule has 0 aromatic heterocycles. The first-order valence-corrected chi connectivity index (χ1v) is 29.3. The van der Waals surface area contributed by atoms with Crippen LogP contribution in [0.2, 0.25) is 0 Å². The molecule has 0 radical (unpaired) electrons. The average Bonchev–Trinajstić information content (AvgIpc) is 3.32. The number of rotatable bonds is 54. The highest BCUT2D eigenvalue weighted by atomic mass is 16.5. The summed E-state index contributed by atoms with van der Waals surface area (Å²) >= 11 is 0. The molecule has 0 heterocycles. The number of allylic oxidation sites excluding steroid dienone is 5. The van der Waals surface area contributed by atoms with Gasteiger partial charge in [-0.3, -0.25) is 9.59 Å². The minimum Gasteiger partial charge on any atom is -0.466 e. The second-order valence-electron chi connectivity index (χ2n) is 20.0. The highest BCUT2D eigenvalue weighted by Gasteiger charge is 2.18. The minimum atomic E-state index is -0.862. The summed E-state index contributed by atoms with van der Waals surface area (Å²) in [5.41, 5.74) is 0. The van der Waals surface area contributed by atoms with Gasteiger partial charge >= 0.3 is 5.97 Å². The van der Waals surface area contributed by atoms with Gasteiger partial charge in [-0.05, 0) is 64.2 Å². The van der Waals surface area contributed by atoms with Crippen LogP contribution in [-0.2, 0) is 14.3 Å². The zero-order chi connectivity index (χ0) is 47.9. The van der Waals surface area contributed by atoms with Crippen LogP contribution in [0.3, 0.4) is 0 Å². The van der Waals surface area contributed by atoms with Crippen LogP contribution in [0, 0.1) is 0 Å². The Morgan fingerprint density at radius 3 is 1.17 bits per heavy atom. The van der Waals surface area contributed by atoms with Gasteiger partial charge in [0, 0.05) is 12.8 Å². The lowest BCUT2D eigenvalue weighted by atomic mass is 10.0. The Morgan fingerprint density at radius 2 is 0.758 bits per heavy atom. The number of aliphatic hydroxyl groups excluding tert-OH is 2. The van der Waals surface area contributed by atoms with Crippen molar-refractivity contribution >= 4 is 11.9 Å². The van der Waals surface area contributed by atoms with E-state index < -0.39 is 12.1 Å². The molecule has 0 saturated heterocycles. The molecule has 0 saturated carbocycles. The Labute approximate surface area is 411 Å². The molecule has 1 amide bonds. The molecule has 66 heavy (non-hydrogen) atoms. The lowest BCUT2D eigenvalue weighted by Crippen LogP contribution is -2.45. The topological polar surface area (TPSA) is 95.9 Å². The number of nitrogens with one attached hydrogen (secondary N) is 1. The Balaban J connectivity index is 3.51. The molecule has 0 aromatic rings. The quantitative estimate of drug-likeness (QED) is 0.0321. The molecule has 0 aliphatic rings. The smallest absolute Gasteiger partial charge is 0.305 e. The van der Waals surface area contributed by atoms with Crippen molar-refractivity contribution < 1.29 is 24.5 Å². The monoisotopic (exact) mass is 928 g/mol. The van der Waals surface area contributed by atoms with Gasteiger partial charge in [0.15, 0.2) is 0 Å². The van der Waals surface area contributed by atoms with E-state index in [9.17, 15) is 19.8 Å². The molecule has 0 aliphatic heterocycles. The molecule has 388 valence electrons. The average molecular weight is 929 g/mol. The van der Waals surface area contributed by atoms with Gasteiger partial charge < -0.3 is 20.3 Å². The number of carbonyl (C=O) groups is 2. The zero-order valence-corrected chi connectivity index (χ0v) is 44.2. The Bertz CT molecular complexity index is 1070. The van der Waals surface area contributed by atoms with Gasteiger partial charge in [0.1, 0.15) is 0 Å². The molecule has 0 spiro atoms. The molecule has 3 N–H and O–H groups in total. The van der Waals surface area contributed by atoms with Crippen molar-refractivity contribution in [1.29, 1.82) is 0 Å². The summed E-state index contributed by atoms with van der Waals surface area (Å²) in [6.07, 6.45) is 68.8. The molecule has 2 unspecified atom stereocenters. The second kappa shape index (κ2) is 55.7. The first-order chi connectivity index (χ1) is 32.5. The van der Waals surface area contributed by atoms with Crippen molar-refractivity contribution in [3.05, 3.63) is 36.5 Å². The van der Waals surface area contributed by atoms with E-state index in [0.29, 0.717) is 19.4 Å². The number of hydrogen-bond donors (Lipinski definition) is 3. The van der Waals surface area contributed by atoms with E-state index in [-0.39, 0.29) is 18.5 Å². The number of esters is 1. The number of unbranched alkanes of at least 4 members (excludes halogenated alkanes) is 39. The Morgan fingerprint density at radius 1 is 0.424 bits per heavy atom. The molecular weight excluding hydrogens is 815 g/mol. The van der Waals surface area contributed by atoms with Crippen LogP contribution in [-0.4, -0.2) is 47.4 Å². The maximum absolute atomic E-state index is 12.5. The van der Waals surface area contributed by atoms with Crippen molar-refractivity contribution in [3.8, 4) is 0 Å². The second-order valence-corrected chi connectivity index (χ2v) is 20.0. The first kappa shape index (κ1) is 64.1. The molecule has 0 aromatic carbocycles. The maximum atomic E-state index is 12.5. The first-order valence-electron chi connectivity index (χ1n) is 29.3. The predicted octanol–water partition coefficient (Wildman–Crippen LogP) is 18.0. The number of aliphatic hydroxyl groups is 2. The summed E-state index contributed by atoms with van der Waals surface area (Å²) < 4.78 is 5.46.